The van der Waals surface area contributed by atoms with E-state index >= 15 is 0 Å². The van der Waals surface area contributed by atoms with Gasteiger partial charge in [0.25, 0.3) is 0 Å². The first-order chi connectivity index (χ1) is 9.99. The number of rotatable bonds is 2. The van der Waals surface area contributed by atoms with E-state index in [1.807, 2.05) is 18.2 Å². The Morgan fingerprint density at radius 3 is 2.90 bits per heavy atom. The molecule has 0 bridgehead atoms. The summed E-state index contributed by atoms with van der Waals surface area (Å²) in [4.78, 5) is 13.7. The summed E-state index contributed by atoms with van der Waals surface area (Å²) in [5, 5.41) is 11.2. The fourth-order valence-corrected chi connectivity index (χ4v) is 4.10. The SMILES string of the molecule is CC(=O)c1ccc(N2CCC3(O)CCCCC3C2)cc1Cl. The van der Waals surface area contributed by atoms with Gasteiger partial charge in [-0.3, -0.25) is 4.79 Å². The summed E-state index contributed by atoms with van der Waals surface area (Å²) in [6.07, 6.45) is 5.22. The predicted molar refractivity (Wildman–Crippen MR) is 85.2 cm³/mol. The Balaban J connectivity index is 1.79. The quantitative estimate of drug-likeness (QED) is 0.847. The van der Waals surface area contributed by atoms with Crippen LogP contribution in [0.4, 0.5) is 5.69 Å². The standard InChI is InChI=1S/C17H22ClNO2/c1-12(20)15-6-5-14(10-16(15)18)19-9-8-17(21)7-3-2-4-13(17)11-19/h5-6,10,13,21H,2-4,7-9,11H2,1H3. The van der Waals surface area contributed by atoms with Crippen LogP contribution in [-0.2, 0) is 0 Å². The topological polar surface area (TPSA) is 40.5 Å². The number of benzene rings is 1. The fourth-order valence-electron chi connectivity index (χ4n) is 3.79. The highest BCUT2D eigenvalue weighted by Crippen LogP contribution is 2.41. The molecule has 4 heteroatoms. The van der Waals surface area contributed by atoms with Crippen LogP contribution in [0.3, 0.4) is 0 Å². The Bertz CT molecular complexity index is 560. The van der Waals surface area contributed by atoms with Crippen molar-refractivity contribution in [1.29, 1.82) is 0 Å². The number of fused-ring (bicyclic) bond motifs is 1. The molecule has 1 N–H and O–H groups in total. The summed E-state index contributed by atoms with van der Waals surface area (Å²) in [7, 11) is 0. The van der Waals surface area contributed by atoms with Gasteiger partial charge in [-0.1, -0.05) is 24.4 Å². The zero-order valence-electron chi connectivity index (χ0n) is 12.4. The molecular weight excluding hydrogens is 286 g/mol. The molecule has 114 valence electrons. The lowest BCUT2D eigenvalue weighted by Crippen LogP contribution is -2.53. The third-order valence-corrected chi connectivity index (χ3v) is 5.44. The van der Waals surface area contributed by atoms with E-state index in [-0.39, 0.29) is 5.78 Å². The summed E-state index contributed by atoms with van der Waals surface area (Å²) in [5.41, 5.74) is 1.17. The molecule has 3 nitrogen and oxygen atoms in total. The van der Waals surface area contributed by atoms with Crippen LogP contribution in [0.2, 0.25) is 5.02 Å². The van der Waals surface area contributed by atoms with Crippen LogP contribution >= 0.6 is 11.6 Å². The highest BCUT2D eigenvalue weighted by Gasteiger charge is 2.42. The molecule has 2 aliphatic rings. The van der Waals surface area contributed by atoms with Gasteiger partial charge in [-0.2, -0.15) is 0 Å². The second-order valence-electron chi connectivity index (χ2n) is 6.46. The van der Waals surface area contributed by atoms with Crippen LogP contribution in [0, 0.1) is 5.92 Å². The van der Waals surface area contributed by atoms with E-state index in [1.54, 1.807) is 0 Å². The molecule has 0 aromatic heterocycles. The van der Waals surface area contributed by atoms with Crippen molar-refractivity contribution >= 4 is 23.1 Å². The number of carbonyl (C=O) groups is 1. The first-order valence-electron chi connectivity index (χ1n) is 7.77. The number of aliphatic hydroxyl groups is 1. The van der Waals surface area contributed by atoms with Gasteiger partial charge in [-0.25, -0.2) is 0 Å². The first-order valence-corrected chi connectivity index (χ1v) is 8.15. The minimum atomic E-state index is -0.460. The van der Waals surface area contributed by atoms with Gasteiger partial charge in [0.15, 0.2) is 5.78 Å². The average molecular weight is 308 g/mol. The van der Waals surface area contributed by atoms with Crippen molar-refractivity contribution in [2.24, 2.45) is 5.92 Å². The lowest BCUT2D eigenvalue weighted by molar-refractivity contribution is -0.0612. The lowest BCUT2D eigenvalue weighted by Gasteiger charge is -2.48. The number of piperidine rings is 1. The van der Waals surface area contributed by atoms with Crippen molar-refractivity contribution in [3.05, 3.63) is 28.8 Å². The summed E-state index contributed by atoms with van der Waals surface area (Å²) >= 11 is 6.21. The van der Waals surface area contributed by atoms with Crippen LogP contribution < -0.4 is 4.90 Å². The molecule has 1 aromatic rings. The average Bonchev–Trinajstić information content (AvgIpc) is 2.45. The monoisotopic (exact) mass is 307 g/mol. The van der Waals surface area contributed by atoms with Gasteiger partial charge < -0.3 is 10.0 Å². The molecule has 0 radical (unpaired) electrons. The number of carbonyl (C=O) groups excluding carboxylic acids is 1. The number of hydrogen-bond donors (Lipinski definition) is 1. The molecule has 0 amide bonds. The lowest BCUT2D eigenvalue weighted by atomic mass is 9.71. The van der Waals surface area contributed by atoms with Gasteiger partial charge in [0.05, 0.1) is 10.6 Å². The fraction of sp³-hybridized carbons (Fsp3) is 0.588. The van der Waals surface area contributed by atoms with Gasteiger partial charge in [0.1, 0.15) is 0 Å². The molecule has 2 fully saturated rings. The van der Waals surface area contributed by atoms with E-state index < -0.39 is 5.60 Å². The summed E-state index contributed by atoms with van der Waals surface area (Å²) in [6, 6.07) is 5.66. The van der Waals surface area contributed by atoms with Crippen molar-refractivity contribution in [1.82, 2.24) is 0 Å². The molecule has 1 aromatic carbocycles. The number of Topliss-reactive ketones (excluding diaryl/α,β-unsaturated/α-hetero) is 1. The third kappa shape index (κ3) is 2.82. The van der Waals surface area contributed by atoms with E-state index in [2.05, 4.69) is 4.90 Å². The summed E-state index contributed by atoms with van der Waals surface area (Å²) < 4.78 is 0. The maximum atomic E-state index is 11.5. The number of nitrogens with zero attached hydrogens (tertiary/aromatic N) is 1. The van der Waals surface area contributed by atoms with Crippen LogP contribution in [0.15, 0.2) is 18.2 Å². The van der Waals surface area contributed by atoms with Gasteiger partial charge in [-0.15, -0.1) is 0 Å². The zero-order chi connectivity index (χ0) is 15.0. The molecule has 0 spiro atoms. The Kier molecular flexibility index (Phi) is 3.98. The van der Waals surface area contributed by atoms with E-state index in [0.29, 0.717) is 16.5 Å². The maximum Gasteiger partial charge on any atom is 0.161 e. The van der Waals surface area contributed by atoms with Gasteiger partial charge >= 0.3 is 0 Å². The Morgan fingerprint density at radius 2 is 2.19 bits per heavy atom. The molecule has 2 atom stereocenters. The molecular formula is C17H22ClNO2. The van der Waals surface area contributed by atoms with Gasteiger partial charge in [-0.05, 0) is 44.4 Å². The highest BCUT2D eigenvalue weighted by molar-refractivity contribution is 6.34. The molecule has 1 saturated carbocycles. The molecule has 1 heterocycles. The molecule has 3 rings (SSSR count). The zero-order valence-corrected chi connectivity index (χ0v) is 13.2. The molecule has 21 heavy (non-hydrogen) atoms. The van der Waals surface area contributed by atoms with E-state index in [1.165, 1.54) is 13.3 Å². The molecule has 2 unspecified atom stereocenters. The van der Waals surface area contributed by atoms with E-state index in [9.17, 15) is 9.90 Å². The largest absolute Gasteiger partial charge is 0.389 e. The summed E-state index contributed by atoms with van der Waals surface area (Å²) in [5.74, 6) is 0.345. The second-order valence-corrected chi connectivity index (χ2v) is 6.87. The van der Waals surface area contributed by atoms with Crippen molar-refractivity contribution in [3.8, 4) is 0 Å². The van der Waals surface area contributed by atoms with Crippen molar-refractivity contribution in [2.45, 2.75) is 44.6 Å². The van der Waals surface area contributed by atoms with E-state index in [4.69, 9.17) is 11.6 Å². The first kappa shape index (κ1) is 14.9. The number of anilines is 1. The minimum Gasteiger partial charge on any atom is -0.389 e. The predicted octanol–water partition coefficient (Wildman–Crippen LogP) is 3.67. The smallest absolute Gasteiger partial charge is 0.161 e. The van der Waals surface area contributed by atoms with Gasteiger partial charge in [0.2, 0.25) is 0 Å². The molecule has 1 aliphatic heterocycles. The Morgan fingerprint density at radius 1 is 1.38 bits per heavy atom. The van der Waals surface area contributed by atoms with Crippen LogP contribution in [0.1, 0.15) is 49.4 Å². The Labute approximate surface area is 130 Å². The van der Waals surface area contributed by atoms with E-state index in [0.717, 1.165) is 44.5 Å². The van der Waals surface area contributed by atoms with Crippen LogP contribution in [-0.4, -0.2) is 29.6 Å². The minimum absolute atomic E-state index is 0.00755. The Hall–Kier alpha value is -1.06. The van der Waals surface area contributed by atoms with Crippen LogP contribution in [0.5, 0.6) is 0 Å². The van der Waals surface area contributed by atoms with Crippen molar-refractivity contribution in [2.75, 3.05) is 18.0 Å². The second kappa shape index (κ2) is 5.62. The normalized spacial score (nSPS) is 29.1. The van der Waals surface area contributed by atoms with Crippen LogP contribution in [0.25, 0.3) is 0 Å². The molecule has 1 aliphatic carbocycles. The highest BCUT2D eigenvalue weighted by atomic mass is 35.5. The van der Waals surface area contributed by atoms with Gasteiger partial charge in [0, 0.05) is 30.3 Å². The van der Waals surface area contributed by atoms with Crippen molar-refractivity contribution < 1.29 is 9.90 Å². The number of hydrogen-bond acceptors (Lipinski definition) is 3. The third-order valence-electron chi connectivity index (χ3n) is 5.12. The molecule has 1 saturated heterocycles. The number of ketones is 1. The summed E-state index contributed by atoms with van der Waals surface area (Å²) in [6.45, 7) is 3.26. The van der Waals surface area contributed by atoms with Crippen molar-refractivity contribution in [3.63, 3.8) is 0 Å². The number of halogens is 1. The maximum absolute atomic E-state index is 11.5.